The maximum atomic E-state index is 12.9. The van der Waals surface area contributed by atoms with Crippen LogP contribution in [-0.2, 0) is 21.5 Å². The van der Waals surface area contributed by atoms with Crippen molar-refractivity contribution in [2.24, 2.45) is 0 Å². The summed E-state index contributed by atoms with van der Waals surface area (Å²) in [5.74, 6) is 0.572. The van der Waals surface area contributed by atoms with E-state index in [-0.39, 0.29) is 24.1 Å². The molecule has 0 spiro atoms. The number of nitrogens with one attached hydrogen (secondary N) is 1. The number of carbonyl (C=O) groups excluding carboxylic acids is 3. The van der Waals surface area contributed by atoms with Gasteiger partial charge in [0.2, 0.25) is 0 Å². The smallest absolute Gasteiger partial charge is 0.331 e. The maximum Gasteiger partial charge on any atom is 0.331 e. The molecule has 1 saturated heterocycles. The first-order valence-electron chi connectivity index (χ1n) is 12.1. The maximum absolute atomic E-state index is 12.9. The van der Waals surface area contributed by atoms with Crippen LogP contribution in [0.15, 0.2) is 70.9 Å². The summed E-state index contributed by atoms with van der Waals surface area (Å²) in [6.07, 6.45) is 2.84. The molecule has 1 aliphatic heterocycles. The fourth-order valence-corrected chi connectivity index (χ4v) is 3.82. The third-order valence-corrected chi connectivity index (χ3v) is 5.91. The Bertz CT molecular complexity index is 1340. The predicted octanol–water partition coefficient (Wildman–Crippen LogP) is 4.71. The molecule has 1 aliphatic rings. The molecule has 0 atom stereocenters. The number of nitrogens with zero attached hydrogens (tertiary/aromatic N) is 1. The Morgan fingerprint density at radius 3 is 2.34 bits per heavy atom. The van der Waals surface area contributed by atoms with E-state index in [1.165, 1.54) is 25.0 Å². The highest BCUT2D eigenvalue weighted by atomic mass is 16.5. The van der Waals surface area contributed by atoms with Crippen molar-refractivity contribution in [2.45, 2.75) is 32.7 Å². The van der Waals surface area contributed by atoms with Crippen molar-refractivity contribution in [3.63, 3.8) is 0 Å². The number of methoxy groups -OCH3 is 1. The van der Waals surface area contributed by atoms with E-state index in [1.54, 1.807) is 30.3 Å². The molecule has 38 heavy (non-hydrogen) atoms. The van der Waals surface area contributed by atoms with Crippen molar-refractivity contribution in [2.75, 3.05) is 20.3 Å². The van der Waals surface area contributed by atoms with Crippen LogP contribution in [0.4, 0.5) is 4.79 Å². The largest absolute Gasteiger partial charge is 0.493 e. The molecule has 2 aromatic carbocycles. The molecule has 1 N–H and O–H groups in total. The summed E-state index contributed by atoms with van der Waals surface area (Å²) in [6.45, 7) is 6.99. The third-order valence-electron chi connectivity index (χ3n) is 5.91. The van der Waals surface area contributed by atoms with Gasteiger partial charge in [0, 0.05) is 0 Å². The lowest BCUT2D eigenvalue weighted by Gasteiger charge is -2.25. The topological polar surface area (TPSA) is 107 Å². The van der Waals surface area contributed by atoms with Gasteiger partial charge in [-0.2, -0.15) is 0 Å². The summed E-state index contributed by atoms with van der Waals surface area (Å²) in [6, 6.07) is 15.5. The molecule has 0 unspecified atom stereocenters. The number of amides is 4. The highest BCUT2D eigenvalue weighted by Crippen LogP contribution is 2.30. The van der Waals surface area contributed by atoms with E-state index in [0.29, 0.717) is 29.4 Å². The van der Waals surface area contributed by atoms with E-state index in [9.17, 15) is 14.4 Å². The molecule has 0 radical (unpaired) electrons. The molecule has 3 aromatic rings. The predicted molar refractivity (Wildman–Crippen MR) is 140 cm³/mol. The number of carbonyl (C=O) groups is 3. The Balaban J connectivity index is 1.39. The van der Waals surface area contributed by atoms with E-state index in [1.807, 2.05) is 12.1 Å². The Labute approximate surface area is 221 Å². The number of urea groups is 1. The van der Waals surface area contributed by atoms with Crippen molar-refractivity contribution >= 4 is 23.9 Å². The summed E-state index contributed by atoms with van der Waals surface area (Å²) in [5.41, 5.74) is 1.64. The van der Waals surface area contributed by atoms with Crippen molar-refractivity contribution in [1.29, 1.82) is 0 Å². The number of ether oxygens (including phenoxy) is 3. The fraction of sp³-hybridized carbons (Fsp3) is 0.276. The van der Waals surface area contributed by atoms with Crippen LogP contribution in [0.1, 0.15) is 37.7 Å². The van der Waals surface area contributed by atoms with Crippen LogP contribution in [-0.4, -0.2) is 43.1 Å². The Morgan fingerprint density at radius 2 is 1.68 bits per heavy atom. The number of imide groups is 2. The van der Waals surface area contributed by atoms with Crippen molar-refractivity contribution in [3.8, 4) is 17.2 Å². The third kappa shape index (κ3) is 6.23. The minimum atomic E-state index is -0.803. The number of furan rings is 1. The lowest BCUT2D eigenvalue weighted by molar-refractivity contribution is -0.130. The molecule has 0 bridgehead atoms. The number of barbiturate groups is 1. The summed E-state index contributed by atoms with van der Waals surface area (Å²) >= 11 is 0. The molecule has 0 saturated carbocycles. The van der Waals surface area contributed by atoms with E-state index in [0.717, 1.165) is 10.6 Å². The molecule has 198 valence electrons. The Kier molecular flexibility index (Phi) is 7.85. The number of hydrogen-bond acceptors (Lipinski definition) is 7. The average molecular weight is 519 g/mol. The second-order valence-electron chi connectivity index (χ2n) is 9.67. The zero-order valence-electron chi connectivity index (χ0n) is 21.8. The van der Waals surface area contributed by atoms with Crippen LogP contribution < -0.4 is 19.5 Å². The van der Waals surface area contributed by atoms with Gasteiger partial charge in [-0.05, 0) is 59.0 Å². The van der Waals surface area contributed by atoms with Gasteiger partial charge >= 0.3 is 6.03 Å². The number of rotatable bonds is 9. The minimum Gasteiger partial charge on any atom is -0.493 e. The monoisotopic (exact) mass is 518 g/mol. The van der Waals surface area contributed by atoms with Crippen molar-refractivity contribution in [1.82, 2.24) is 10.2 Å². The highest BCUT2D eigenvalue weighted by molar-refractivity contribution is 6.30. The normalized spacial score (nSPS) is 15.0. The van der Waals surface area contributed by atoms with E-state index >= 15 is 0 Å². The average Bonchev–Trinajstić information content (AvgIpc) is 3.40. The quantitative estimate of drug-likeness (QED) is 0.248. The van der Waals surface area contributed by atoms with Crippen LogP contribution in [0.25, 0.3) is 6.08 Å². The molecule has 4 amide bonds. The van der Waals surface area contributed by atoms with Gasteiger partial charge in [0.05, 0.1) is 19.9 Å². The zero-order valence-corrected chi connectivity index (χ0v) is 21.8. The van der Waals surface area contributed by atoms with Crippen molar-refractivity contribution in [3.05, 3.63) is 83.3 Å². The highest BCUT2D eigenvalue weighted by Gasteiger charge is 2.36. The minimum absolute atomic E-state index is 0.0745. The lowest BCUT2D eigenvalue weighted by Crippen LogP contribution is -2.53. The fourth-order valence-electron chi connectivity index (χ4n) is 3.82. The standard InChI is InChI=1S/C29H30N2O7/c1-29(2,3)20-8-10-21(11-9-20)37-14-15-38-24-12-7-19(17-25(24)35-4)16-23-26(32)30-28(34)31(27(23)33)18-22-6-5-13-36-22/h5-13,16-17H,14-15,18H2,1-4H3,(H,30,32,34)/b23-16+. The summed E-state index contributed by atoms with van der Waals surface area (Å²) in [7, 11) is 1.49. The zero-order chi connectivity index (χ0) is 27.3. The molecule has 2 heterocycles. The molecule has 9 nitrogen and oxygen atoms in total. The second-order valence-corrected chi connectivity index (χ2v) is 9.67. The lowest BCUT2D eigenvalue weighted by atomic mass is 9.87. The van der Waals surface area contributed by atoms with Crippen molar-refractivity contribution < 1.29 is 33.0 Å². The summed E-state index contributed by atoms with van der Waals surface area (Å²) in [5, 5.41) is 2.19. The van der Waals surface area contributed by atoms with Crippen LogP contribution in [0.3, 0.4) is 0 Å². The molecule has 4 rings (SSSR count). The van der Waals surface area contributed by atoms with Gasteiger partial charge < -0.3 is 18.6 Å². The van der Waals surface area contributed by atoms with Crippen LogP contribution >= 0.6 is 0 Å². The first kappa shape index (κ1) is 26.5. The SMILES string of the molecule is COc1cc(/C=C2\C(=O)NC(=O)N(Cc3ccco3)C2=O)ccc1OCCOc1ccc(C(C)(C)C)cc1. The number of benzene rings is 2. The molecule has 9 heteroatoms. The molecule has 1 fully saturated rings. The van der Waals surface area contributed by atoms with Gasteiger partial charge in [-0.25, -0.2) is 4.79 Å². The Morgan fingerprint density at radius 1 is 0.947 bits per heavy atom. The summed E-state index contributed by atoms with van der Waals surface area (Å²) in [4.78, 5) is 38.5. The Hall–Kier alpha value is -4.53. The van der Waals surface area contributed by atoms with Crippen LogP contribution in [0, 0.1) is 0 Å². The first-order chi connectivity index (χ1) is 18.2. The molecule has 0 aliphatic carbocycles. The molecular weight excluding hydrogens is 488 g/mol. The molecular formula is C29H30N2O7. The number of hydrogen-bond donors (Lipinski definition) is 1. The molecule has 1 aromatic heterocycles. The van der Waals surface area contributed by atoms with Gasteiger partial charge in [-0.15, -0.1) is 0 Å². The van der Waals surface area contributed by atoms with Gasteiger partial charge in [0.1, 0.15) is 30.3 Å². The van der Waals surface area contributed by atoms with Gasteiger partial charge in [-0.1, -0.05) is 39.0 Å². The van der Waals surface area contributed by atoms with E-state index in [4.69, 9.17) is 18.6 Å². The van der Waals surface area contributed by atoms with Gasteiger partial charge in [0.15, 0.2) is 11.5 Å². The summed E-state index contributed by atoms with van der Waals surface area (Å²) < 4.78 is 22.3. The van der Waals surface area contributed by atoms with Gasteiger partial charge in [0.25, 0.3) is 11.8 Å². The first-order valence-corrected chi connectivity index (χ1v) is 12.1. The van der Waals surface area contributed by atoms with Gasteiger partial charge in [-0.3, -0.25) is 19.8 Å². The van der Waals surface area contributed by atoms with E-state index < -0.39 is 17.8 Å². The van der Waals surface area contributed by atoms with E-state index in [2.05, 4.69) is 38.2 Å². The van der Waals surface area contributed by atoms with Crippen LogP contribution in [0.5, 0.6) is 17.2 Å². The van der Waals surface area contributed by atoms with Crippen LogP contribution in [0.2, 0.25) is 0 Å². The second kappa shape index (κ2) is 11.2.